The van der Waals surface area contributed by atoms with Gasteiger partial charge in [-0.15, -0.1) is 0 Å². The lowest BCUT2D eigenvalue weighted by molar-refractivity contribution is 0.417. The lowest BCUT2D eigenvalue weighted by Gasteiger charge is -2.20. The average Bonchev–Trinajstić information content (AvgIpc) is 2.65. The first-order chi connectivity index (χ1) is 10.3. The Kier molecular flexibility index (Phi) is 4.21. The molecule has 0 fully saturated rings. The molecular weight excluding hydrogens is 254 g/mol. The Balaban J connectivity index is 2.03. The average molecular weight is 277 g/mol. The van der Waals surface area contributed by atoms with Crippen molar-refractivity contribution in [3.63, 3.8) is 0 Å². The lowest BCUT2D eigenvalue weighted by atomic mass is 9.84. The summed E-state index contributed by atoms with van der Waals surface area (Å²) in [5.41, 5.74) is 5.60. The van der Waals surface area contributed by atoms with Gasteiger partial charge < -0.3 is 4.90 Å². The van der Waals surface area contributed by atoms with Gasteiger partial charge >= 0.3 is 0 Å². The van der Waals surface area contributed by atoms with E-state index in [1.54, 1.807) is 0 Å². The van der Waals surface area contributed by atoms with Gasteiger partial charge in [0.25, 0.3) is 0 Å². The molecule has 0 heterocycles. The fourth-order valence-corrected chi connectivity index (χ4v) is 3.08. The number of hydrogen-bond donors (Lipinski definition) is 0. The van der Waals surface area contributed by atoms with E-state index in [-0.39, 0.29) is 0 Å². The molecule has 0 N–H and O–H groups in total. The minimum atomic E-state index is 0.521. The first kappa shape index (κ1) is 14.1. The van der Waals surface area contributed by atoms with Crippen LogP contribution in [-0.2, 0) is 0 Å². The SMILES string of the molecule is CN(C)CCC=C1C2=CC=CCC2C=Cc2ccccc21. The third-order valence-electron chi connectivity index (χ3n) is 4.20. The highest BCUT2D eigenvalue weighted by Crippen LogP contribution is 2.38. The fraction of sp³-hybridized carbons (Fsp3) is 0.300. The van der Waals surface area contributed by atoms with E-state index in [4.69, 9.17) is 0 Å². The summed E-state index contributed by atoms with van der Waals surface area (Å²) in [4.78, 5) is 2.24. The molecule has 1 unspecified atom stereocenters. The molecule has 0 spiro atoms. The Labute approximate surface area is 128 Å². The van der Waals surface area contributed by atoms with Crippen LogP contribution in [0.15, 0.2) is 60.2 Å². The van der Waals surface area contributed by atoms with Crippen molar-refractivity contribution < 1.29 is 0 Å². The molecule has 108 valence electrons. The van der Waals surface area contributed by atoms with Gasteiger partial charge in [-0.05, 0) is 49.2 Å². The molecule has 0 saturated heterocycles. The van der Waals surface area contributed by atoms with Crippen molar-refractivity contribution in [3.8, 4) is 0 Å². The van der Waals surface area contributed by atoms with Crippen molar-refractivity contribution in [3.05, 3.63) is 71.3 Å². The van der Waals surface area contributed by atoms with Gasteiger partial charge in [-0.25, -0.2) is 0 Å². The molecule has 21 heavy (non-hydrogen) atoms. The van der Waals surface area contributed by atoms with E-state index in [0.29, 0.717) is 5.92 Å². The van der Waals surface area contributed by atoms with E-state index < -0.39 is 0 Å². The highest BCUT2D eigenvalue weighted by molar-refractivity contribution is 5.87. The molecule has 0 saturated carbocycles. The number of hydrogen-bond acceptors (Lipinski definition) is 1. The summed E-state index contributed by atoms with van der Waals surface area (Å²) >= 11 is 0. The van der Waals surface area contributed by atoms with Gasteiger partial charge in [0.2, 0.25) is 0 Å². The van der Waals surface area contributed by atoms with Crippen LogP contribution < -0.4 is 0 Å². The second kappa shape index (κ2) is 6.28. The minimum absolute atomic E-state index is 0.521. The Hall–Kier alpha value is -1.86. The maximum atomic E-state index is 2.42. The molecule has 1 aromatic carbocycles. The lowest BCUT2D eigenvalue weighted by Crippen LogP contribution is -2.12. The standard InChI is InChI=1S/C20H23N/c1-21(2)15-7-12-20-18-10-5-3-8-16(18)13-14-17-9-4-6-11-19(17)20/h3-6,8,10-14,17H,7,9,15H2,1-2H3. The van der Waals surface area contributed by atoms with Crippen molar-refractivity contribution in [1.82, 2.24) is 4.90 Å². The maximum Gasteiger partial charge on any atom is 0.00619 e. The Morgan fingerprint density at radius 1 is 1.24 bits per heavy atom. The normalized spacial score (nSPS) is 22.0. The van der Waals surface area contributed by atoms with Crippen LogP contribution in [0, 0.1) is 5.92 Å². The molecule has 2 aliphatic carbocycles. The van der Waals surface area contributed by atoms with Gasteiger partial charge in [-0.1, -0.05) is 60.7 Å². The van der Waals surface area contributed by atoms with Crippen molar-refractivity contribution in [2.24, 2.45) is 5.92 Å². The highest BCUT2D eigenvalue weighted by atomic mass is 15.0. The number of fused-ring (bicyclic) bond motifs is 2. The van der Waals surface area contributed by atoms with Gasteiger partial charge in [-0.3, -0.25) is 0 Å². The van der Waals surface area contributed by atoms with Crippen LogP contribution in [0.5, 0.6) is 0 Å². The predicted molar refractivity (Wildman–Crippen MR) is 92.0 cm³/mol. The van der Waals surface area contributed by atoms with E-state index in [1.165, 1.54) is 22.3 Å². The van der Waals surface area contributed by atoms with Crippen LogP contribution >= 0.6 is 0 Å². The number of nitrogens with zero attached hydrogens (tertiary/aromatic N) is 1. The Bertz CT molecular complexity index is 629. The topological polar surface area (TPSA) is 3.24 Å². The van der Waals surface area contributed by atoms with Crippen LogP contribution in [0.3, 0.4) is 0 Å². The zero-order chi connectivity index (χ0) is 14.7. The fourth-order valence-electron chi connectivity index (χ4n) is 3.08. The largest absolute Gasteiger partial charge is 0.309 e. The smallest absolute Gasteiger partial charge is 0.00619 e. The van der Waals surface area contributed by atoms with Crippen molar-refractivity contribution in [1.29, 1.82) is 0 Å². The second-order valence-electron chi connectivity index (χ2n) is 6.05. The van der Waals surface area contributed by atoms with Crippen LogP contribution in [0.2, 0.25) is 0 Å². The Morgan fingerprint density at radius 2 is 2.10 bits per heavy atom. The summed E-state index contributed by atoms with van der Waals surface area (Å²) in [5.74, 6) is 0.521. The van der Waals surface area contributed by atoms with Gasteiger partial charge in [0, 0.05) is 12.5 Å². The van der Waals surface area contributed by atoms with Crippen LogP contribution in [0.25, 0.3) is 11.6 Å². The first-order valence-electron chi connectivity index (χ1n) is 7.75. The maximum absolute atomic E-state index is 2.42. The summed E-state index contributed by atoms with van der Waals surface area (Å²) in [6, 6.07) is 8.74. The predicted octanol–water partition coefficient (Wildman–Crippen LogP) is 4.55. The summed E-state index contributed by atoms with van der Waals surface area (Å²) in [5, 5.41) is 0. The molecule has 1 nitrogen and oxygen atoms in total. The number of benzene rings is 1. The molecule has 1 aromatic rings. The highest BCUT2D eigenvalue weighted by Gasteiger charge is 2.21. The molecule has 1 atom stereocenters. The number of rotatable bonds is 3. The molecule has 0 aromatic heterocycles. The van der Waals surface area contributed by atoms with Crippen LogP contribution in [-0.4, -0.2) is 25.5 Å². The molecular formula is C20H23N. The van der Waals surface area contributed by atoms with Crippen molar-refractivity contribution >= 4 is 11.6 Å². The molecule has 0 amide bonds. The molecule has 0 bridgehead atoms. The third-order valence-corrected chi connectivity index (χ3v) is 4.20. The summed E-state index contributed by atoms with van der Waals surface area (Å²) in [6.07, 6.45) is 16.0. The van der Waals surface area contributed by atoms with Gasteiger partial charge in [0.05, 0.1) is 0 Å². The number of allylic oxidation sites excluding steroid dienone is 6. The quantitative estimate of drug-likeness (QED) is 0.783. The summed E-state index contributed by atoms with van der Waals surface area (Å²) in [7, 11) is 4.26. The minimum Gasteiger partial charge on any atom is -0.309 e. The van der Waals surface area contributed by atoms with Gasteiger partial charge in [0.1, 0.15) is 0 Å². The third kappa shape index (κ3) is 3.08. The Morgan fingerprint density at radius 3 is 2.95 bits per heavy atom. The summed E-state index contributed by atoms with van der Waals surface area (Å²) in [6.45, 7) is 1.09. The molecule has 2 aliphatic rings. The van der Waals surface area contributed by atoms with Crippen LogP contribution in [0.1, 0.15) is 24.0 Å². The van der Waals surface area contributed by atoms with E-state index in [9.17, 15) is 0 Å². The zero-order valence-electron chi connectivity index (χ0n) is 12.9. The van der Waals surface area contributed by atoms with Gasteiger partial charge in [-0.2, -0.15) is 0 Å². The summed E-state index contributed by atoms with van der Waals surface area (Å²) < 4.78 is 0. The molecule has 0 radical (unpaired) electrons. The van der Waals surface area contributed by atoms with E-state index >= 15 is 0 Å². The van der Waals surface area contributed by atoms with Crippen LogP contribution in [0.4, 0.5) is 0 Å². The van der Waals surface area contributed by atoms with E-state index in [1.807, 2.05) is 0 Å². The van der Waals surface area contributed by atoms with E-state index in [0.717, 1.165) is 19.4 Å². The zero-order valence-corrected chi connectivity index (χ0v) is 12.9. The van der Waals surface area contributed by atoms with Gasteiger partial charge in [0.15, 0.2) is 0 Å². The first-order valence-corrected chi connectivity index (χ1v) is 7.75. The van der Waals surface area contributed by atoms with Crippen molar-refractivity contribution in [2.45, 2.75) is 12.8 Å². The van der Waals surface area contributed by atoms with Crippen molar-refractivity contribution in [2.75, 3.05) is 20.6 Å². The molecule has 3 rings (SSSR count). The van der Waals surface area contributed by atoms with E-state index in [2.05, 4.69) is 79.7 Å². The monoisotopic (exact) mass is 277 g/mol. The second-order valence-corrected chi connectivity index (χ2v) is 6.05. The molecule has 0 aliphatic heterocycles. The molecule has 1 heteroatoms.